The number of hydrazone groups is 1. The Morgan fingerprint density at radius 2 is 2.23 bits per heavy atom. The molecule has 7 nitrogen and oxygen atoms in total. The summed E-state index contributed by atoms with van der Waals surface area (Å²) < 4.78 is 0. The summed E-state index contributed by atoms with van der Waals surface area (Å²) in [5.74, 6) is -0.376. The van der Waals surface area contributed by atoms with E-state index in [0.717, 1.165) is 11.3 Å². The Labute approximate surface area is 127 Å². The molecule has 1 aliphatic heterocycles. The van der Waals surface area contributed by atoms with E-state index in [-0.39, 0.29) is 11.8 Å². The Kier molecular flexibility index (Phi) is 3.69. The minimum absolute atomic E-state index is 0.0854. The molecule has 0 saturated heterocycles. The smallest absolute Gasteiger partial charge is 0.271 e. The minimum Gasteiger partial charge on any atom is -0.345 e. The summed E-state index contributed by atoms with van der Waals surface area (Å²) in [6.45, 7) is 0. The normalized spacial score (nSPS) is 14.7. The van der Waals surface area contributed by atoms with Gasteiger partial charge in [0.25, 0.3) is 5.91 Å². The van der Waals surface area contributed by atoms with Gasteiger partial charge >= 0.3 is 0 Å². The van der Waals surface area contributed by atoms with Crippen LogP contribution in [-0.4, -0.2) is 39.6 Å². The zero-order valence-corrected chi connectivity index (χ0v) is 12.0. The van der Waals surface area contributed by atoms with Crippen molar-refractivity contribution < 1.29 is 9.59 Å². The first-order chi connectivity index (χ1) is 10.6. The Hall–Kier alpha value is -2.96. The maximum atomic E-state index is 12.2. The number of nitrogens with zero attached hydrogens (tertiary/aromatic N) is 3. The third kappa shape index (κ3) is 2.88. The quantitative estimate of drug-likeness (QED) is 0.902. The molecular formula is C15H15N5O2. The monoisotopic (exact) mass is 297 g/mol. The van der Waals surface area contributed by atoms with Gasteiger partial charge in [0.2, 0.25) is 5.91 Å². The van der Waals surface area contributed by atoms with Gasteiger partial charge < -0.3 is 10.3 Å². The Bertz CT molecular complexity index is 736. The van der Waals surface area contributed by atoms with Gasteiger partial charge in [0.1, 0.15) is 5.71 Å². The molecule has 2 amide bonds. The van der Waals surface area contributed by atoms with Crippen LogP contribution < -0.4 is 5.32 Å². The number of aromatic nitrogens is 2. The third-order valence-electron chi connectivity index (χ3n) is 3.40. The highest BCUT2D eigenvalue weighted by Crippen LogP contribution is 2.20. The van der Waals surface area contributed by atoms with E-state index in [1.54, 1.807) is 25.6 Å². The van der Waals surface area contributed by atoms with Gasteiger partial charge in [0.15, 0.2) is 0 Å². The van der Waals surface area contributed by atoms with Crippen LogP contribution in [0.4, 0.5) is 5.69 Å². The number of benzene rings is 1. The van der Waals surface area contributed by atoms with Crippen molar-refractivity contribution in [3.8, 4) is 11.3 Å². The molecule has 2 aromatic rings. The molecule has 112 valence electrons. The number of carbonyl (C=O) groups is 2. The van der Waals surface area contributed by atoms with Gasteiger partial charge in [-0.2, -0.15) is 5.10 Å². The molecule has 3 rings (SSSR count). The summed E-state index contributed by atoms with van der Waals surface area (Å²) in [6, 6.07) is 7.43. The van der Waals surface area contributed by atoms with E-state index in [0.29, 0.717) is 24.2 Å². The number of anilines is 1. The van der Waals surface area contributed by atoms with Gasteiger partial charge in [0.05, 0.1) is 18.2 Å². The van der Waals surface area contributed by atoms with Crippen molar-refractivity contribution in [2.45, 2.75) is 12.8 Å². The first-order valence-electron chi connectivity index (χ1n) is 6.87. The highest BCUT2D eigenvalue weighted by Gasteiger charge is 2.22. The lowest BCUT2D eigenvalue weighted by Crippen LogP contribution is -2.34. The van der Waals surface area contributed by atoms with Crippen LogP contribution in [0.2, 0.25) is 0 Å². The molecule has 1 aromatic heterocycles. The average molecular weight is 297 g/mol. The molecule has 0 aliphatic carbocycles. The third-order valence-corrected chi connectivity index (χ3v) is 3.40. The fourth-order valence-electron chi connectivity index (χ4n) is 2.21. The van der Waals surface area contributed by atoms with Gasteiger partial charge in [0, 0.05) is 31.1 Å². The topological polar surface area (TPSA) is 90.4 Å². The Morgan fingerprint density at radius 1 is 1.36 bits per heavy atom. The van der Waals surface area contributed by atoms with Crippen molar-refractivity contribution in [2.75, 3.05) is 12.4 Å². The lowest BCUT2D eigenvalue weighted by atomic mass is 10.1. The highest BCUT2D eigenvalue weighted by molar-refractivity contribution is 6.43. The number of rotatable bonds is 3. The number of carbonyl (C=O) groups excluding carboxylic acids is 2. The van der Waals surface area contributed by atoms with Crippen LogP contribution in [0.1, 0.15) is 12.8 Å². The molecule has 0 saturated carbocycles. The van der Waals surface area contributed by atoms with Crippen LogP contribution in [-0.2, 0) is 9.59 Å². The molecule has 0 unspecified atom stereocenters. The fourth-order valence-corrected chi connectivity index (χ4v) is 2.21. The van der Waals surface area contributed by atoms with Crippen LogP contribution in [0.25, 0.3) is 11.3 Å². The molecule has 0 bridgehead atoms. The molecule has 1 aromatic carbocycles. The number of H-pyrrole nitrogens is 1. The van der Waals surface area contributed by atoms with Gasteiger partial charge in [-0.15, -0.1) is 0 Å². The molecule has 0 spiro atoms. The first-order valence-corrected chi connectivity index (χ1v) is 6.87. The minimum atomic E-state index is -0.291. The van der Waals surface area contributed by atoms with Crippen molar-refractivity contribution in [2.24, 2.45) is 5.10 Å². The van der Waals surface area contributed by atoms with Crippen LogP contribution in [0.5, 0.6) is 0 Å². The fraction of sp³-hybridized carbons (Fsp3) is 0.200. The standard InChI is InChI=1S/C15H15N5O2/c1-20-14(21)6-5-12(19-20)15(22)18-11-4-2-3-10(7-11)13-8-16-9-17-13/h2-4,7-9H,5-6H2,1H3,(H,16,17)(H,18,22). The Balaban J connectivity index is 1.76. The van der Waals surface area contributed by atoms with E-state index in [1.807, 2.05) is 18.2 Å². The van der Waals surface area contributed by atoms with Crippen molar-refractivity contribution in [3.05, 3.63) is 36.8 Å². The predicted molar refractivity (Wildman–Crippen MR) is 82.1 cm³/mol. The number of amides is 2. The van der Waals surface area contributed by atoms with Crippen molar-refractivity contribution in [1.82, 2.24) is 15.0 Å². The van der Waals surface area contributed by atoms with Crippen LogP contribution in [0, 0.1) is 0 Å². The van der Waals surface area contributed by atoms with Crippen molar-refractivity contribution >= 4 is 23.2 Å². The number of nitrogens with one attached hydrogen (secondary N) is 2. The summed E-state index contributed by atoms with van der Waals surface area (Å²) in [7, 11) is 1.55. The summed E-state index contributed by atoms with van der Waals surface area (Å²) >= 11 is 0. The van der Waals surface area contributed by atoms with Crippen LogP contribution in [0.3, 0.4) is 0 Å². The number of imidazole rings is 1. The second-order valence-electron chi connectivity index (χ2n) is 4.96. The number of aromatic amines is 1. The summed E-state index contributed by atoms with van der Waals surface area (Å²) in [5, 5.41) is 8.02. The largest absolute Gasteiger partial charge is 0.345 e. The van der Waals surface area contributed by atoms with Gasteiger partial charge in [-0.3, -0.25) is 9.59 Å². The summed E-state index contributed by atoms with van der Waals surface area (Å²) in [5.41, 5.74) is 2.82. The second-order valence-corrected chi connectivity index (χ2v) is 4.96. The molecule has 0 radical (unpaired) electrons. The van der Waals surface area contributed by atoms with Gasteiger partial charge in [-0.25, -0.2) is 9.99 Å². The van der Waals surface area contributed by atoms with Crippen molar-refractivity contribution in [1.29, 1.82) is 0 Å². The summed E-state index contributed by atoms with van der Waals surface area (Å²) in [4.78, 5) is 30.6. The molecule has 22 heavy (non-hydrogen) atoms. The van der Waals surface area contributed by atoms with E-state index in [4.69, 9.17) is 0 Å². The van der Waals surface area contributed by atoms with Gasteiger partial charge in [-0.1, -0.05) is 12.1 Å². The maximum Gasteiger partial charge on any atom is 0.271 e. The molecule has 2 N–H and O–H groups in total. The van der Waals surface area contributed by atoms with E-state index >= 15 is 0 Å². The average Bonchev–Trinajstić information content (AvgIpc) is 3.04. The first kappa shape index (κ1) is 14.0. The van der Waals surface area contributed by atoms with Gasteiger partial charge in [-0.05, 0) is 12.1 Å². The molecule has 0 atom stereocenters. The van der Waals surface area contributed by atoms with E-state index in [1.165, 1.54) is 5.01 Å². The molecule has 1 aliphatic rings. The van der Waals surface area contributed by atoms with E-state index < -0.39 is 0 Å². The SMILES string of the molecule is CN1N=C(C(=O)Nc2cccc(-c3cnc[nH]3)c2)CCC1=O. The lowest BCUT2D eigenvalue weighted by molar-refractivity contribution is -0.130. The number of hydrogen-bond donors (Lipinski definition) is 2. The summed E-state index contributed by atoms with van der Waals surface area (Å²) in [6.07, 6.45) is 3.98. The maximum absolute atomic E-state index is 12.2. The predicted octanol–water partition coefficient (Wildman–Crippen LogP) is 1.62. The Morgan fingerprint density at radius 3 is 2.95 bits per heavy atom. The van der Waals surface area contributed by atoms with Crippen molar-refractivity contribution in [3.63, 3.8) is 0 Å². The zero-order chi connectivity index (χ0) is 15.5. The van der Waals surface area contributed by atoms with Crippen LogP contribution >= 0.6 is 0 Å². The molecule has 2 heterocycles. The molecule has 0 fully saturated rings. The zero-order valence-electron chi connectivity index (χ0n) is 12.0. The van der Waals surface area contributed by atoms with E-state index in [2.05, 4.69) is 20.4 Å². The molecule has 7 heteroatoms. The molecular weight excluding hydrogens is 282 g/mol. The van der Waals surface area contributed by atoms with E-state index in [9.17, 15) is 9.59 Å². The second kappa shape index (κ2) is 5.80. The highest BCUT2D eigenvalue weighted by atomic mass is 16.2. The number of hydrogen-bond acceptors (Lipinski definition) is 4. The van der Waals surface area contributed by atoms with Crippen LogP contribution in [0.15, 0.2) is 41.9 Å². The lowest BCUT2D eigenvalue weighted by Gasteiger charge is -2.19.